The summed E-state index contributed by atoms with van der Waals surface area (Å²) in [5.41, 5.74) is 5.67. The molecule has 1 fully saturated rings. The number of benzene rings is 3. The maximum Gasteiger partial charge on any atom is 0.295 e. The Morgan fingerprint density at radius 3 is 2.35 bits per heavy atom. The van der Waals surface area contributed by atoms with Gasteiger partial charge in [0.15, 0.2) is 0 Å². The Kier molecular flexibility index (Phi) is 7.84. The highest BCUT2D eigenvalue weighted by Crippen LogP contribution is 2.20. The molecule has 0 aliphatic carbocycles. The fourth-order valence-corrected chi connectivity index (χ4v) is 4.83. The number of nitrogens with one attached hydrogen (secondary N) is 2. The van der Waals surface area contributed by atoms with E-state index in [1.54, 1.807) is 4.68 Å². The Labute approximate surface area is 218 Å². The summed E-state index contributed by atoms with van der Waals surface area (Å²) in [6.45, 7) is 7.17. The summed E-state index contributed by atoms with van der Waals surface area (Å²) in [7, 11) is 1.90. The van der Waals surface area contributed by atoms with Gasteiger partial charge in [-0.2, -0.15) is 0 Å². The first-order chi connectivity index (χ1) is 18.1. The highest BCUT2D eigenvalue weighted by molar-refractivity contribution is 5.62. The molecule has 0 saturated carbocycles. The molecule has 7 nitrogen and oxygen atoms in total. The Balaban J connectivity index is 1.14. The quantitative estimate of drug-likeness (QED) is 0.363. The third-order valence-corrected chi connectivity index (χ3v) is 6.95. The first kappa shape index (κ1) is 25.0. The van der Waals surface area contributed by atoms with Crippen LogP contribution in [-0.2, 0) is 24.9 Å². The van der Waals surface area contributed by atoms with Gasteiger partial charge in [-0.3, -0.25) is 14.4 Å². The monoisotopic (exact) mass is 497 g/mol. The van der Waals surface area contributed by atoms with Gasteiger partial charge in [0.25, 0.3) is 5.56 Å². The van der Waals surface area contributed by atoms with Crippen LogP contribution >= 0.6 is 0 Å². The molecular formula is C30H35N5O2. The first-order valence-corrected chi connectivity index (χ1v) is 12.9. The Morgan fingerprint density at radius 2 is 1.62 bits per heavy atom. The predicted octanol–water partition coefficient (Wildman–Crippen LogP) is 4.22. The number of nitrogens with zero attached hydrogens (tertiary/aromatic N) is 3. The van der Waals surface area contributed by atoms with Gasteiger partial charge in [0.2, 0.25) is 0 Å². The summed E-state index contributed by atoms with van der Waals surface area (Å²) in [5, 5.41) is 6.87. The molecule has 1 aliphatic rings. The van der Waals surface area contributed by atoms with Crippen molar-refractivity contribution < 1.29 is 4.74 Å². The minimum atomic E-state index is -0.0641. The lowest BCUT2D eigenvalue weighted by atomic mass is 10.1. The van der Waals surface area contributed by atoms with E-state index in [4.69, 9.17) is 4.74 Å². The molecule has 0 bridgehead atoms. The van der Waals surface area contributed by atoms with E-state index < -0.39 is 0 Å². The smallest absolute Gasteiger partial charge is 0.295 e. The predicted molar refractivity (Wildman–Crippen MR) is 149 cm³/mol. The van der Waals surface area contributed by atoms with Crippen molar-refractivity contribution in [3.8, 4) is 5.69 Å². The van der Waals surface area contributed by atoms with Crippen LogP contribution in [0.4, 0.5) is 11.4 Å². The van der Waals surface area contributed by atoms with E-state index in [0.717, 1.165) is 56.4 Å². The summed E-state index contributed by atoms with van der Waals surface area (Å²) >= 11 is 0. The Morgan fingerprint density at radius 1 is 0.919 bits per heavy atom. The van der Waals surface area contributed by atoms with Crippen LogP contribution in [0, 0.1) is 6.92 Å². The maximum atomic E-state index is 13.2. The van der Waals surface area contributed by atoms with Crippen molar-refractivity contribution in [1.82, 2.24) is 19.6 Å². The summed E-state index contributed by atoms with van der Waals surface area (Å²) in [5.74, 6) is 0. The first-order valence-electron chi connectivity index (χ1n) is 12.9. The molecule has 0 amide bonds. The van der Waals surface area contributed by atoms with Crippen LogP contribution in [0.1, 0.15) is 16.8 Å². The Bertz CT molecular complexity index is 1350. The molecule has 7 heteroatoms. The molecule has 37 heavy (non-hydrogen) atoms. The van der Waals surface area contributed by atoms with E-state index in [2.05, 4.69) is 58.0 Å². The minimum Gasteiger partial charge on any atom is -0.374 e. The molecule has 1 aliphatic heterocycles. The molecule has 1 atom stereocenters. The summed E-state index contributed by atoms with van der Waals surface area (Å²) in [4.78, 5) is 15.6. The number of aromatic nitrogens is 2. The Hall–Kier alpha value is -3.65. The molecule has 2 N–H and O–H groups in total. The van der Waals surface area contributed by atoms with Crippen molar-refractivity contribution in [3.05, 3.63) is 112 Å². The van der Waals surface area contributed by atoms with Crippen molar-refractivity contribution in [2.24, 2.45) is 7.05 Å². The number of para-hydroxylation sites is 1. The second-order valence-corrected chi connectivity index (χ2v) is 9.60. The van der Waals surface area contributed by atoms with Gasteiger partial charge in [-0.25, -0.2) is 4.68 Å². The molecule has 2 heterocycles. The second-order valence-electron chi connectivity index (χ2n) is 9.60. The highest BCUT2D eigenvalue weighted by Gasteiger charge is 2.20. The number of hydrogen-bond acceptors (Lipinski definition) is 5. The average Bonchev–Trinajstić information content (AvgIpc) is 3.14. The van der Waals surface area contributed by atoms with Crippen LogP contribution in [0.2, 0.25) is 0 Å². The number of morpholine rings is 1. The molecule has 4 aromatic rings. The number of ether oxygens (including phenoxy) is 1. The molecule has 0 spiro atoms. The van der Waals surface area contributed by atoms with Crippen LogP contribution in [0.5, 0.6) is 0 Å². The van der Waals surface area contributed by atoms with Gasteiger partial charge >= 0.3 is 0 Å². The number of rotatable bonds is 9. The fourth-order valence-electron chi connectivity index (χ4n) is 4.83. The molecule has 0 radical (unpaired) electrons. The highest BCUT2D eigenvalue weighted by atomic mass is 16.5. The molecule has 1 aromatic heterocycles. The largest absolute Gasteiger partial charge is 0.374 e. The summed E-state index contributed by atoms with van der Waals surface area (Å²) in [6, 6.07) is 28.5. The van der Waals surface area contributed by atoms with E-state index >= 15 is 0 Å². The van der Waals surface area contributed by atoms with Crippen molar-refractivity contribution in [1.29, 1.82) is 0 Å². The van der Waals surface area contributed by atoms with E-state index in [9.17, 15) is 4.79 Å². The van der Waals surface area contributed by atoms with Crippen molar-refractivity contribution >= 4 is 11.4 Å². The van der Waals surface area contributed by atoms with Crippen LogP contribution in [0.15, 0.2) is 89.7 Å². The fraction of sp³-hybridized carbons (Fsp3) is 0.300. The van der Waals surface area contributed by atoms with Gasteiger partial charge in [-0.1, -0.05) is 60.7 Å². The third kappa shape index (κ3) is 6.02. The minimum absolute atomic E-state index is 0.0641. The number of hydrogen-bond donors (Lipinski definition) is 2. The molecule has 192 valence electrons. The summed E-state index contributed by atoms with van der Waals surface area (Å²) in [6.07, 6.45) is 0.186. The van der Waals surface area contributed by atoms with Gasteiger partial charge in [0.05, 0.1) is 24.1 Å². The SMILES string of the molecule is Cc1c(Nc2ccc(CNCC3CN(Cc4ccccc4)CCO3)cc2)c(=O)n(-c2ccccc2)n1C. The van der Waals surface area contributed by atoms with E-state index in [0.29, 0.717) is 5.69 Å². The van der Waals surface area contributed by atoms with Crippen molar-refractivity contribution in [3.63, 3.8) is 0 Å². The van der Waals surface area contributed by atoms with Crippen LogP contribution in [-0.4, -0.2) is 46.6 Å². The zero-order chi connectivity index (χ0) is 25.6. The average molecular weight is 498 g/mol. The van der Waals surface area contributed by atoms with Gasteiger partial charge in [-0.05, 0) is 42.3 Å². The lowest BCUT2D eigenvalue weighted by Gasteiger charge is -2.33. The van der Waals surface area contributed by atoms with Gasteiger partial charge in [0.1, 0.15) is 5.69 Å². The van der Waals surface area contributed by atoms with Gasteiger partial charge in [0, 0.05) is 45.5 Å². The molecule has 5 rings (SSSR count). The standard InChI is InChI=1S/C30H35N5O2/c1-23-29(30(36)35(33(23)2)27-11-7-4-8-12-27)32-26-15-13-24(14-16-26)19-31-20-28-22-34(17-18-37-28)21-25-9-5-3-6-10-25/h3-16,28,31-32H,17-22H2,1-2H3. The van der Waals surface area contributed by atoms with E-state index in [1.165, 1.54) is 11.1 Å². The van der Waals surface area contributed by atoms with Gasteiger partial charge in [-0.15, -0.1) is 0 Å². The van der Waals surface area contributed by atoms with Crippen molar-refractivity contribution in [2.45, 2.75) is 26.1 Å². The van der Waals surface area contributed by atoms with E-state index in [-0.39, 0.29) is 11.7 Å². The second kappa shape index (κ2) is 11.6. The van der Waals surface area contributed by atoms with Crippen LogP contribution in [0.3, 0.4) is 0 Å². The summed E-state index contributed by atoms with van der Waals surface area (Å²) < 4.78 is 9.55. The molecule has 3 aromatic carbocycles. The molecular weight excluding hydrogens is 462 g/mol. The van der Waals surface area contributed by atoms with Crippen LogP contribution in [0.25, 0.3) is 5.69 Å². The molecule has 1 unspecified atom stereocenters. The van der Waals surface area contributed by atoms with Crippen LogP contribution < -0.4 is 16.2 Å². The normalized spacial score (nSPS) is 16.1. The topological polar surface area (TPSA) is 63.5 Å². The zero-order valence-electron chi connectivity index (χ0n) is 21.6. The lowest BCUT2D eigenvalue weighted by Crippen LogP contribution is -2.46. The van der Waals surface area contributed by atoms with Crippen molar-refractivity contribution in [2.75, 3.05) is 31.6 Å². The van der Waals surface area contributed by atoms with Gasteiger partial charge < -0.3 is 15.4 Å². The van der Waals surface area contributed by atoms with E-state index in [1.807, 2.05) is 61.1 Å². The third-order valence-electron chi connectivity index (χ3n) is 6.95. The number of anilines is 2. The lowest BCUT2D eigenvalue weighted by molar-refractivity contribution is -0.0300. The molecule has 1 saturated heterocycles. The maximum absolute atomic E-state index is 13.2. The zero-order valence-corrected chi connectivity index (χ0v) is 21.6.